The van der Waals surface area contributed by atoms with E-state index in [0.29, 0.717) is 24.7 Å². The topological polar surface area (TPSA) is 92.7 Å². The van der Waals surface area contributed by atoms with E-state index >= 15 is 0 Å². The fraction of sp³-hybridized carbons (Fsp3) is 0.429. The van der Waals surface area contributed by atoms with Crippen LogP contribution in [0.15, 0.2) is 28.2 Å². The van der Waals surface area contributed by atoms with E-state index in [-0.39, 0.29) is 17.2 Å². The number of thioether (sulfide) groups is 1. The van der Waals surface area contributed by atoms with Crippen molar-refractivity contribution < 1.29 is 4.79 Å². The first-order valence-electron chi connectivity index (χ1n) is 7.01. The summed E-state index contributed by atoms with van der Waals surface area (Å²) in [6.45, 7) is 4.84. The van der Waals surface area contributed by atoms with Crippen LogP contribution in [0.4, 0.5) is 0 Å². The largest absolute Gasteiger partial charge is 0.355 e. The fourth-order valence-electron chi connectivity index (χ4n) is 1.94. The van der Waals surface area contributed by atoms with Gasteiger partial charge in [-0.05, 0) is 26.3 Å². The van der Waals surface area contributed by atoms with E-state index in [0.717, 1.165) is 11.5 Å². The highest BCUT2D eigenvalue weighted by atomic mass is 32.2. The smallest absolute Gasteiger partial charge is 0.250 e. The molecule has 1 amide bonds. The number of H-pyrrole nitrogens is 1. The van der Waals surface area contributed by atoms with Crippen molar-refractivity contribution in [3.63, 3.8) is 0 Å². The number of carbonyl (C=O) groups is 1. The highest BCUT2D eigenvalue weighted by Gasteiger charge is 2.06. The van der Waals surface area contributed by atoms with Crippen LogP contribution < -0.4 is 10.9 Å². The molecular formula is C14H19N5O2S. The Labute approximate surface area is 132 Å². The molecule has 0 bridgehead atoms. The lowest BCUT2D eigenvalue weighted by molar-refractivity contribution is -0.118. The summed E-state index contributed by atoms with van der Waals surface area (Å²) >= 11 is 1.29. The van der Waals surface area contributed by atoms with Crippen molar-refractivity contribution in [1.82, 2.24) is 25.1 Å². The van der Waals surface area contributed by atoms with Crippen LogP contribution in [0, 0.1) is 13.8 Å². The van der Waals surface area contributed by atoms with Gasteiger partial charge in [-0.15, -0.1) is 5.10 Å². The third-order valence-corrected chi connectivity index (χ3v) is 3.91. The van der Waals surface area contributed by atoms with Crippen LogP contribution in [0.25, 0.3) is 0 Å². The number of hydrogen-bond acceptors (Lipinski definition) is 5. The number of aryl methyl sites for hydroxylation is 2. The monoisotopic (exact) mass is 321 g/mol. The van der Waals surface area contributed by atoms with E-state index in [1.54, 1.807) is 16.7 Å². The third-order valence-electron chi connectivity index (χ3n) is 3.06. The second-order valence-corrected chi connectivity index (χ2v) is 5.80. The molecule has 0 atom stereocenters. The number of aromatic amines is 1. The van der Waals surface area contributed by atoms with Gasteiger partial charge in [-0.25, -0.2) is 4.98 Å². The Bertz CT molecular complexity index is 695. The number of carbonyl (C=O) groups excluding carboxylic acids is 1. The van der Waals surface area contributed by atoms with E-state index in [1.165, 1.54) is 11.8 Å². The Morgan fingerprint density at radius 2 is 2.23 bits per heavy atom. The van der Waals surface area contributed by atoms with Gasteiger partial charge in [-0.2, -0.15) is 0 Å². The van der Waals surface area contributed by atoms with E-state index in [9.17, 15) is 9.59 Å². The van der Waals surface area contributed by atoms with Gasteiger partial charge < -0.3 is 9.88 Å². The zero-order chi connectivity index (χ0) is 15.9. The Morgan fingerprint density at radius 1 is 1.41 bits per heavy atom. The molecule has 0 aromatic carbocycles. The molecule has 118 valence electrons. The number of pyridine rings is 1. The molecule has 0 aliphatic carbocycles. The van der Waals surface area contributed by atoms with Crippen molar-refractivity contribution in [3.8, 4) is 0 Å². The average Bonchev–Trinajstić information content (AvgIpc) is 2.89. The maximum absolute atomic E-state index is 11.7. The van der Waals surface area contributed by atoms with Gasteiger partial charge in [0.25, 0.3) is 5.56 Å². The summed E-state index contributed by atoms with van der Waals surface area (Å²) in [4.78, 5) is 27.5. The minimum atomic E-state index is -0.0652. The summed E-state index contributed by atoms with van der Waals surface area (Å²) in [6.07, 6.45) is 0.709. The van der Waals surface area contributed by atoms with E-state index in [2.05, 4.69) is 20.5 Å². The minimum absolute atomic E-state index is 0.0122. The molecule has 0 radical (unpaired) electrons. The van der Waals surface area contributed by atoms with Crippen LogP contribution >= 0.6 is 11.8 Å². The molecule has 0 spiro atoms. The highest BCUT2D eigenvalue weighted by Crippen LogP contribution is 2.10. The minimum Gasteiger partial charge on any atom is -0.355 e. The van der Waals surface area contributed by atoms with Crippen LogP contribution in [-0.2, 0) is 11.3 Å². The number of aromatic nitrogens is 4. The molecule has 2 heterocycles. The first kappa shape index (κ1) is 16.3. The second-order valence-electron chi connectivity index (χ2n) is 4.85. The van der Waals surface area contributed by atoms with Gasteiger partial charge in [-0.1, -0.05) is 17.8 Å². The first-order chi connectivity index (χ1) is 10.6. The molecule has 22 heavy (non-hydrogen) atoms. The molecule has 0 saturated carbocycles. The molecule has 0 unspecified atom stereocenters. The molecular weight excluding hydrogens is 302 g/mol. The number of nitrogens with zero attached hydrogens (tertiary/aromatic N) is 3. The molecule has 0 fully saturated rings. The zero-order valence-corrected chi connectivity index (χ0v) is 13.4. The maximum atomic E-state index is 11.7. The summed E-state index contributed by atoms with van der Waals surface area (Å²) in [5.74, 6) is 0.942. The highest BCUT2D eigenvalue weighted by molar-refractivity contribution is 7.99. The average molecular weight is 321 g/mol. The lowest BCUT2D eigenvalue weighted by Gasteiger charge is -2.09. The Balaban J connectivity index is 1.68. The van der Waals surface area contributed by atoms with Crippen LogP contribution in [0.3, 0.4) is 0 Å². The second kappa shape index (κ2) is 7.79. The van der Waals surface area contributed by atoms with Gasteiger partial charge in [0, 0.05) is 24.8 Å². The lowest BCUT2D eigenvalue weighted by atomic mass is 10.3. The standard InChI is InChI=1S/C14H19N5O2S/c1-10-5-3-6-13(21)19(10)8-4-7-15-12(20)9-22-14-16-11(2)17-18-14/h3,5-6H,4,7-9H2,1-2H3,(H,15,20)(H,16,17,18). The maximum Gasteiger partial charge on any atom is 0.250 e. The Morgan fingerprint density at radius 3 is 2.91 bits per heavy atom. The van der Waals surface area contributed by atoms with Gasteiger partial charge in [0.15, 0.2) is 0 Å². The third kappa shape index (κ3) is 4.73. The molecule has 8 heteroatoms. The predicted octanol–water partition coefficient (Wildman–Crippen LogP) is 0.882. The van der Waals surface area contributed by atoms with E-state index < -0.39 is 0 Å². The Kier molecular flexibility index (Phi) is 5.76. The summed E-state index contributed by atoms with van der Waals surface area (Å²) in [7, 11) is 0. The molecule has 2 aromatic heterocycles. The van der Waals surface area contributed by atoms with Gasteiger partial charge in [-0.3, -0.25) is 14.7 Å². The number of amides is 1. The quantitative estimate of drug-likeness (QED) is 0.583. The van der Waals surface area contributed by atoms with E-state index in [4.69, 9.17) is 0 Å². The van der Waals surface area contributed by atoms with Crippen molar-refractivity contribution in [3.05, 3.63) is 40.1 Å². The van der Waals surface area contributed by atoms with Crippen LogP contribution in [-0.4, -0.2) is 38.0 Å². The SMILES string of the molecule is Cc1nc(SCC(=O)NCCCn2c(C)cccc2=O)n[nH]1. The summed E-state index contributed by atoms with van der Waals surface area (Å²) < 4.78 is 1.71. The van der Waals surface area contributed by atoms with Crippen molar-refractivity contribution in [1.29, 1.82) is 0 Å². The van der Waals surface area contributed by atoms with E-state index in [1.807, 2.05) is 19.9 Å². The summed E-state index contributed by atoms with van der Waals surface area (Å²) in [6, 6.07) is 5.19. The fourth-order valence-corrected chi connectivity index (χ4v) is 2.62. The lowest BCUT2D eigenvalue weighted by Crippen LogP contribution is -2.28. The van der Waals surface area contributed by atoms with Crippen LogP contribution in [0.5, 0.6) is 0 Å². The molecule has 2 rings (SSSR count). The molecule has 2 aromatic rings. The number of hydrogen-bond donors (Lipinski definition) is 2. The van der Waals surface area contributed by atoms with Gasteiger partial charge in [0.2, 0.25) is 11.1 Å². The van der Waals surface area contributed by atoms with Crippen LogP contribution in [0.1, 0.15) is 17.9 Å². The Hall–Kier alpha value is -2.09. The van der Waals surface area contributed by atoms with Gasteiger partial charge in [0.1, 0.15) is 5.82 Å². The summed E-state index contributed by atoms with van der Waals surface area (Å²) in [5, 5.41) is 10.1. The van der Waals surface area contributed by atoms with Crippen molar-refractivity contribution in [2.75, 3.05) is 12.3 Å². The molecule has 0 aliphatic heterocycles. The van der Waals surface area contributed by atoms with Crippen molar-refractivity contribution in [2.24, 2.45) is 0 Å². The van der Waals surface area contributed by atoms with Crippen LogP contribution in [0.2, 0.25) is 0 Å². The number of nitrogens with one attached hydrogen (secondary N) is 2. The predicted molar refractivity (Wildman–Crippen MR) is 84.9 cm³/mol. The normalized spacial score (nSPS) is 10.6. The van der Waals surface area contributed by atoms with Crippen molar-refractivity contribution in [2.45, 2.75) is 32.0 Å². The molecule has 0 aliphatic rings. The molecule has 2 N–H and O–H groups in total. The zero-order valence-electron chi connectivity index (χ0n) is 12.6. The van der Waals surface area contributed by atoms with Gasteiger partial charge >= 0.3 is 0 Å². The van der Waals surface area contributed by atoms with Gasteiger partial charge in [0.05, 0.1) is 5.75 Å². The molecule has 0 saturated heterocycles. The van der Waals surface area contributed by atoms with Crippen molar-refractivity contribution >= 4 is 17.7 Å². The molecule has 7 nitrogen and oxygen atoms in total. The first-order valence-corrected chi connectivity index (χ1v) is 8.00. The number of rotatable bonds is 7. The summed E-state index contributed by atoms with van der Waals surface area (Å²) in [5.41, 5.74) is 0.913.